The summed E-state index contributed by atoms with van der Waals surface area (Å²) in [6.45, 7) is 12.0. The van der Waals surface area contributed by atoms with Crippen molar-refractivity contribution in [2.24, 2.45) is 23.8 Å². The molecule has 4 aliphatic heterocycles. The molecule has 6 heterocycles. The summed E-state index contributed by atoms with van der Waals surface area (Å²) in [6, 6.07) is 8.90. The van der Waals surface area contributed by atoms with Crippen molar-refractivity contribution in [2.75, 3.05) is 94.1 Å². The second-order valence-corrected chi connectivity index (χ2v) is 20.7. The van der Waals surface area contributed by atoms with Crippen molar-refractivity contribution >= 4 is 52.7 Å². The van der Waals surface area contributed by atoms with Gasteiger partial charge in [0.1, 0.15) is 11.4 Å². The van der Waals surface area contributed by atoms with E-state index in [9.17, 15) is 24.0 Å². The molecule has 4 saturated heterocycles. The first kappa shape index (κ1) is 46.1. The highest BCUT2D eigenvalue weighted by Gasteiger charge is 2.75. The molecule has 0 radical (unpaired) electrons. The molecule has 11 rings (SSSR count). The van der Waals surface area contributed by atoms with Crippen LogP contribution in [-0.4, -0.2) is 160 Å². The summed E-state index contributed by atoms with van der Waals surface area (Å²) in [5.41, 5.74) is 2.56. The maximum atomic E-state index is 13.9. The number of hydrogen-bond acceptors (Lipinski definition) is 14. The zero-order chi connectivity index (χ0) is 47.0. The molecule has 364 valence electrons. The van der Waals surface area contributed by atoms with Crippen LogP contribution in [-0.2, 0) is 31.0 Å². The number of piperidine rings is 2. The second kappa shape index (κ2) is 19.4. The van der Waals surface area contributed by atoms with E-state index in [1.54, 1.807) is 17.8 Å². The Kier molecular flexibility index (Phi) is 13.2. The van der Waals surface area contributed by atoms with Crippen LogP contribution in [0.25, 0.3) is 0 Å². The number of anilines is 4. The number of carbonyl (C=O) groups excluding carboxylic acids is 5. The number of likely N-dealkylation sites (tertiary alicyclic amines) is 1. The smallest absolute Gasteiger partial charge is 0.343 e. The fourth-order valence-electron chi connectivity index (χ4n) is 12.5. The molecule has 1 atom stereocenters. The Balaban J connectivity index is 0.613. The Morgan fingerprint density at radius 2 is 1.49 bits per heavy atom. The number of esters is 1. The van der Waals surface area contributed by atoms with Crippen molar-refractivity contribution in [1.29, 1.82) is 0 Å². The van der Waals surface area contributed by atoms with Crippen molar-refractivity contribution < 1.29 is 28.7 Å². The largest absolute Gasteiger partial charge is 0.462 e. The van der Waals surface area contributed by atoms with Crippen LogP contribution in [0.2, 0.25) is 0 Å². The number of nitrogens with zero attached hydrogens (tertiary/aromatic N) is 9. The summed E-state index contributed by atoms with van der Waals surface area (Å²) < 4.78 is 7.00. The van der Waals surface area contributed by atoms with Gasteiger partial charge in [-0.2, -0.15) is 10.1 Å². The Morgan fingerprint density at radius 1 is 0.809 bits per heavy atom. The molecule has 1 unspecified atom stereocenters. The molecule has 0 spiro atoms. The summed E-state index contributed by atoms with van der Waals surface area (Å²) in [6.07, 6.45) is 15.3. The summed E-state index contributed by atoms with van der Waals surface area (Å²) in [7, 11) is 1.84. The van der Waals surface area contributed by atoms with E-state index in [2.05, 4.69) is 67.6 Å². The third-order valence-electron chi connectivity index (χ3n) is 16.4. The average molecular weight is 933 g/mol. The first-order chi connectivity index (χ1) is 33.0. The molecule has 4 saturated carbocycles. The summed E-state index contributed by atoms with van der Waals surface area (Å²) in [4.78, 5) is 85.3. The van der Waals surface area contributed by atoms with Gasteiger partial charge in [0.25, 0.3) is 0 Å². The van der Waals surface area contributed by atoms with Crippen LogP contribution in [0.3, 0.4) is 0 Å². The van der Waals surface area contributed by atoms with Crippen LogP contribution in [0.15, 0.2) is 42.9 Å². The zero-order valence-corrected chi connectivity index (χ0v) is 39.8. The van der Waals surface area contributed by atoms with Crippen molar-refractivity contribution in [3.05, 3.63) is 54.0 Å². The first-order valence-electron chi connectivity index (χ1n) is 25.3. The summed E-state index contributed by atoms with van der Waals surface area (Å²) in [5, 5.41) is 13.4. The molecule has 18 nitrogen and oxygen atoms in total. The van der Waals surface area contributed by atoms with Gasteiger partial charge in [0, 0.05) is 109 Å². The molecule has 8 fully saturated rings. The normalized spacial score (nSPS) is 28.0. The molecule has 1 aromatic carbocycles. The number of carbonyl (C=O) groups is 5. The lowest BCUT2D eigenvalue weighted by Gasteiger charge is -2.69. The van der Waals surface area contributed by atoms with E-state index >= 15 is 0 Å². The van der Waals surface area contributed by atoms with Crippen LogP contribution in [0.1, 0.15) is 106 Å². The van der Waals surface area contributed by atoms with Crippen molar-refractivity contribution in [1.82, 2.24) is 44.7 Å². The number of nitrogens with one attached hydrogen (secondary N) is 3. The number of amides is 4. The number of ether oxygens (including phenoxy) is 1. The monoisotopic (exact) mass is 933 g/mol. The highest BCUT2D eigenvalue weighted by molar-refractivity contribution is 6.01. The van der Waals surface area contributed by atoms with Crippen molar-refractivity contribution in [3.63, 3.8) is 0 Å². The van der Waals surface area contributed by atoms with Gasteiger partial charge in [0.2, 0.25) is 29.6 Å². The highest BCUT2D eigenvalue weighted by Crippen LogP contribution is 2.74. The summed E-state index contributed by atoms with van der Waals surface area (Å²) in [5.74, 6) is 0.944. The number of aromatic nitrogens is 4. The van der Waals surface area contributed by atoms with E-state index in [0.29, 0.717) is 48.0 Å². The standard InChI is InChI=1S/C50H68N12O6/c1-3-68-45(65)41-29-51-48(54-37-28-52-57(2)30-37)56-43(41)53-36-6-10-39(11-7-36)60-24-26-62(27-25-60)47(67)50-31-49(32-50,33-50)46(66)61-18-15-34(16-19-61)14-17-58-20-22-59(23-21-58)38-8-4-35(5-9-38)40-12-13-42(63)55-44(40)64/h4-5,8-9,28-30,34,36,39-40H,3,6-7,10-27,31-33H2,1-2H3,(H,55,63,64)(H2,51,53,54,56). The zero-order valence-electron chi connectivity index (χ0n) is 39.8. The van der Waals surface area contributed by atoms with Crippen molar-refractivity contribution in [3.8, 4) is 0 Å². The molecule has 8 aliphatic rings. The quantitative estimate of drug-likeness (QED) is 0.155. The Bertz CT molecular complexity index is 2320. The van der Waals surface area contributed by atoms with Gasteiger partial charge >= 0.3 is 5.97 Å². The third kappa shape index (κ3) is 9.54. The maximum Gasteiger partial charge on any atom is 0.343 e. The fraction of sp³-hybridized carbons (Fsp3) is 0.640. The average Bonchev–Trinajstić information content (AvgIpc) is 3.74. The fourth-order valence-corrected chi connectivity index (χ4v) is 12.5. The van der Waals surface area contributed by atoms with Gasteiger partial charge in [-0.1, -0.05) is 12.1 Å². The van der Waals surface area contributed by atoms with E-state index in [1.165, 1.54) is 11.9 Å². The van der Waals surface area contributed by atoms with Crippen LogP contribution in [0, 0.1) is 16.7 Å². The van der Waals surface area contributed by atoms with E-state index in [1.807, 2.05) is 25.4 Å². The number of aryl methyl sites for hydroxylation is 1. The van der Waals surface area contributed by atoms with E-state index in [4.69, 9.17) is 4.74 Å². The Hall–Kier alpha value is -5.62. The molecule has 3 N–H and O–H groups in total. The number of imide groups is 1. The van der Waals surface area contributed by atoms with Crippen LogP contribution in [0.5, 0.6) is 0 Å². The molecule has 18 heteroatoms. The molecule has 2 bridgehead atoms. The lowest BCUT2D eigenvalue weighted by Crippen LogP contribution is -2.73. The molecule has 3 aromatic rings. The predicted octanol–water partition coefficient (Wildman–Crippen LogP) is 4.14. The number of rotatable bonds is 14. The van der Waals surface area contributed by atoms with Crippen LogP contribution in [0.4, 0.5) is 23.1 Å². The predicted molar refractivity (Wildman–Crippen MR) is 255 cm³/mol. The molecule has 4 amide bonds. The molecular weight excluding hydrogens is 865 g/mol. The topological polar surface area (TPSA) is 190 Å². The van der Waals surface area contributed by atoms with Gasteiger partial charge in [0.05, 0.1) is 35.2 Å². The lowest BCUT2D eigenvalue weighted by atomic mass is 9.34. The van der Waals surface area contributed by atoms with Gasteiger partial charge in [-0.05, 0) is 108 Å². The van der Waals surface area contributed by atoms with E-state index < -0.39 is 5.97 Å². The minimum absolute atomic E-state index is 0.154. The molecule has 4 aliphatic carbocycles. The molecule has 2 aromatic heterocycles. The van der Waals surface area contributed by atoms with Crippen LogP contribution >= 0.6 is 0 Å². The van der Waals surface area contributed by atoms with Crippen LogP contribution < -0.4 is 20.9 Å². The Labute approximate surface area is 398 Å². The van der Waals surface area contributed by atoms with Gasteiger partial charge in [-0.15, -0.1) is 0 Å². The third-order valence-corrected chi connectivity index (χ3v) is 16.4. The first-order valence-corrected chi connectivity index (χ1v) is 25.3. The SMILES string of the molecule is CCOC(=O)c1cnc(Nc2cnn(C)c2)nc1NC1CCC(N2CCN(C(=O)C34CC(C(=O)N5CCC(CCN6CCN(c7ccc(C8CCC(=O)NC8=O)cc7)CC6)CC5)(C3)C4)CC2)CC1. The molecule has 68 heavy (non-hydrogen) atoms. The van der Waals surface area contributed by atoms with Gasteiger partial charge in [-0.25, -0.2) is 9.78 Å². The molecular formula is C50H68N12O6. The van der Waals surface area contributed by atoms with Gasteiger partial charge < -0.3 is 30.1 Å². The Morgan fingerprint density at radius 3 is 2.12 bits per heavy atom. The minimum Gasteiger partial charge on any atom is -0.462 e. The van der Waals surface area contributed by atoms with Gasteiger partial charge in [-0.3, -0.25) is 39.0 Å². The number of piperazine rings is 2. The maximum absolute atomic E-state index is 13.9. The summed E-state index contributed by atoms with van der Waals surface area (Å²) >= 11 is 0. The minimum atomic E-state index is -0.452. The number of hydrogen-bond donors (Lipinski definition) is 3. The van der Waals surface area contributed by atoms with E-state index in [-0.39, 0.29) is 47.1 Å². The highest BCUT2D eigenvalue weighted by atomic mass is 16.5. The van der Waals surface area contributed by atoms with Gasteiger partial charge in [0.15, 0.2) is 0 Å². The van der Waals surface area contributed by atoms with E-state index in [0.717, 1.165) is 147 Å². The van der Waals surface area contributed by atoms with Crippen molar-refractivity contribution in [2.45, 2.75) is 102 Å². The lowest BCUT2D eigenvalue weighted by molar-refractivity contribution is -0.223. The number of benzene rings is 1. The second-order valence-electron chi connectivity index (χ2n) is 20.7.